The zero-order valence-corrected chi connectivity index (χ0v) is 16.1. The van der Waals surface area contributed by atoms with E-state index in [4.69, 9.17) is 9.47 Å². The Balaban J connectivity index is 1.55. The first-order chi connectivity index (χ1) is 14.6. The molecule has 9 nitrogen and oxygen atoms in total. The van der Waals surface area contributed by atoms with E-state index in [1.54, 1.807) is 29.2 Å². The lowest BCUT2D eigenvalue weighted by molar-refractivity contribution is 0.0562. The zero-order valence-electron chi connectivity index (χ0n) is 16.1. The molecule has 5 rings (SSSR count). The van der Waals surface area contributed by atoms with Crippen LogP contribution in [0.5, 0.6) is 11.9 Å². The van der Waals surface area contributed by atoms with Crippen LogP contribution in [0.15, 0.2) is 36.9 Å². The summed E-state index contributed by atoms with van der Waals surface area (Å²) in [5, 5.41) is 8.61. The molecule has 0 aliphatic heterocycles. The number of hydrogen-bond donors (Lipinski definition) is 0. The minimum absolute atomic E-state index is 0.0507. The third-order valence-electron chi connectivity index (χ3n) is 5.17. The molecule has 0 amide bonds. The fraction of sp³-hybridized carbons (Fsp3) is 0.316. The fourth-order valence-corrected chi connectivity index (χ4v) is 3.65. The Labute approximate surface area is 169 Å². The normalized spacial score (nSPS) is 18.2. The molecule has 0 aromatic carbocycles. The molecule has 0 spiro atoms. The summed E-state index contributed by atoms with van der Waals surface area (Å²) >= 11 is 0. The SMILES string of the molecule is COc1ncc(-c2cc([C@H]3C[C@@H]3c3ccn(C(F)F)n3)c3nccn3n2)c(OC)n1. The van der Waals surface area contributed by atoms with Crippen molar-refractivity contribution in [3.63, 3.8) is 0 Å². The van der Waals surface area contributed by atoms with E-state index < -0.39 is 6.55 Å². The lowest BCUT2D eigenvalue weighted by Crippen LogP contribution is -2.03. The Morgan fingerprint density at radius 3 is 2.70 bits per heavy atom. The Hall–Kier alpha value is -3.63. The van der Waals surface area contributed by atoms with Gasteiger partial charge in [0.15, 0.2) is 5.65 Å². The van der Waals surface area contributed by atoms with Gasteiger partial charge < -0.3 is 9.47 Å². The molecule has 4 aromatic heterocycles. The smallest absolute Gasteiger partial charge is 0.333 e. The lowest BCUT2D eigenvalue weighted by atomic mass is 10.1. The summed E-state index contributed by atoms with van der Waals surface area (Å²) in [6, 6.07) is 3.75. The van der Waals surface area contributed by atoms with Gasteiger partial charge in [-0.05, 0) is 24.5 Å². The predicted molar refractivity (Wildman–Crippen MR) is 101 cm³/mol. The number of hydrogen-bond acceptors (Lipinski definition) is 7. The Morgan fingerprint density at radius 1 is 1.10 bits per heavy atom. The van der Waals surface area contributed by atoms with Crippen LogP contribution in [0, 0.1) is 0 Å². The maximum Gasteiger partial charge on any atom is 0.333 e. The Bertz CT molecular complexity index is 1220. The molecule has 1 aliphatic rings. The molecule has 4 heterocycles. The molecule has 0 saturated heterocycles. The van der Waals surface area contributed by atoms with E-state index in [9.17, 15) is 8.78 Å². The largest absolute Gasteiger partial charge is 0.480 e. The van der Waals surface area contributed by atoms with Crippen molar-refractivity contribution >= 4 is 5.65 Å². The van der Waals surface area contributed by atoms with Crippen LogP contribution < -0.4 is 9.47 Å². The van der Waals surface area contributed by atoms with Gasteiger partial charge in [-0.2, -0.15) is 24.0 Å². The number of rotatable bonds is 6. The first-order valence-corrected chi connectivity index (χ1v) is 9.22. The number of ether oxygens (including phenoxy) is 2. The second kappa shape index (κ2) is 7.01. The number of methoxy groups -OCH3 is 2. The number of aromatic nitrogens is 7. The van der Waals surface area contributed by atoms with Gasteiger partial charge in [0.1, 0.15) is 0 Å². The van der Waals surface area contributed by atoms with Crippen LogP contribution in [0.1, 0.15) is 36.1 Å². The van der Waals surface area contributed by atoms with Gasteiger partial charge in [0.25, 0.3) is 0 Å². The summed E-state index contributed by atoms with van der Waals surface area (Å²) in [6.45, 7) is -2.65. The van der Waals surface area contributed by atoms with Crippen LogP contribution in [-0.4, -0.2) is 48.6 Å². The van der Waals surface area contributed by atoms with E-state index in [2.05, 4.69) is 25.1 Å². The van der Waals surface area contributed by atoms with Gasteiger partial charge in [-0.15, -0.1) is 0 Å². The van der Waals surface area contributed by atoms with Crippen molar-refractivity contribution in [3.8, 4) is 23.1 Å². The zero-order chi connectivity index (χ0) is 20.8. The molecular formula is C19H17F2N7O2. The Kier molecular flexibility index (Phi) is 4.30. The molecule has 0 unspecified atom stereocenters. The van der Waals surface area contributed by atoms with Crippen LogP contribution in [-0.2, 0) is 0 Å². The predicted octanol–water partition coefficient (Wildman–Crippen LogP) is 3.07. The quantitative estimate of drug-likeness (QED) is 0.480. The number of nitrogens with zero attached hydrogens (tertiary/aromatic N) is 7. The van der Waals surface area contributed by atoms with Gasteiger partial charge in [-0.25, -0.2) is 19.2 Å². The first kappa shape index (κ1) is 18.4. The highest BCUT2D eigenvalue weighted by molar-refractivity contribution is 5.68. The van der Waals surface area contributed by atoms with Crippen LogP contribution in [0.4, 0.5) is 8.78 Å². The molecule has 1 saturated carbocycles. The molecular weight excluding hydrogens is 396 g/mol. The average Bonchev–Trinajstić information content (AvgIpc) is 3.16. The molecule has 11 heteroatoms. The van der Waals surface area contributed by atoms with Crippen molar-refractivity contribution in [1.82, 2.24) is 34.3 Å². The van der Waals surface area contributed by atoms with Gasteiger partial charge in [0, 0.05) is 36.3 Å². The fourth-order valence-electron chi connectivity index (χ4n) is 3.65. The van der Waals surface area contributed by atoms with Crippen LogP contribution >= 0.6 is 0 Å². The summed E-state index contributed by atoms with van der Waals surface area (Å²) in [4.78, 5) is 12.8. The van der Waals surface area contributed by atoms with E-state index in [1.807, 2.05) is 6.07 Å². The molecule has 0 bridgehead atoms. The summed E-state index contributed by atoms with van der Waals surface area (Å²) in [5.41, 5.74) is 3.54. The van der Waals surface area contributed by atoms with E-state index in [0.717, 1.165) is 12.0 Å². The highest BCUT2D eigenvalue weighted by Crippen LogP contribution is 2.55. The maximum atomic E-state index is 12.9. The summed E-state index contributed by atoms with van der Waals surface area (Å²) in [7, 11) is 2.99. The van der Waals surface area contributed by atoms with Gasteiger partial charge in [0.2, 0.25) is 5.88 Å². The summed E-state index contributed by atoms with van der Waals surface area (Å²) < 4.78 is 38.5. The second-order valence-corrected chi connectivity index (χ2v) is 6.91. The molecule has 1 fully saturated rings. The standard InChI is InChI=1S/C19H17F2N7O2/c1-29-17-13(9-23-19(24-17)30-2)15-8-12(16-22-4-6-27(16)26-15)10-7-11(10)14-3-5-28(25-14)18(20)21/h3-6,8-11,18H,7H2,1-2H3/t10-,11-/m0/s1. The highest BCUT2D eigenvalue weighted by Gasteiger charge is 2.43. The number of alkyl halides is 2. The van der Waals surface area contributed by atoms with Crippen molar-refractivity contribution in [1.29, 1.82) is 0 Å². The van der Waals surface area contributed by atoms with Crippen LogP contribution in [0.3, 0.4) is 0 Å². The molecule has 0 radical (unpaired) electrons. The molecule has 30 heavy (non-hydrogen) atoms. The van der Waals surface area contributed by atoms with E-state index in [0.29, 0.717) is 33.2 Å². The monoisotopic (exact) mass is 413 g/mol. The van der Waals surface area contributed by atoms with Crippen molar-refractivity contribution in [2.45, 2.75) is 24.8 Å². The molecule has 2 atom stereocenters. The highest BCUT2D eigenvalue weighted by atomic mass is 19.3. The third kappa shape index (κ3) is 3.02. The third-order valence-corrected chi connectivity index (χ3v) is 5.17. The molecule has 4 aromatic rings. The number of halogens is 2. The van der Waals surface area contributed by atoms with Crippen molar-refractivity contribution in [2.24, 2.45) is 0 Å². The summed E-state index contributed by atoms with van der Waals surface area (Å²) in [5.74, 6) is 0.486. The van der Waals surface area contributed by atoms with Crippen LogP contribution in [0.25, 0.3) is 16.9 Å². The topological polar surface area (TPSA) is 92.2 Å². The van der Waals surface area contributed by atoms with Gasteiger partial charge in [-0.1, -0.05) is 0 Å². The van der Waals surface area contributed by atoms with Gasteiger partial charge in [0.05, 0.1) is 31.2 Å². The minimum Gasteiger partial charge on any atom is -0.480 e. The summed E-state index contributed by atoms with van der Waals surface area (Å²) in [6.07, 6.45) is 7.11. The Morgan fingerprint density at radius 2 is 1.97 bits per heavy atom. The van der Waals surface area contributed by atoms with Gasteiger partial charge >= 0.3 is 12.6 Å². The number of imidazole rings is 1. The molecule has 1 aliphatic carbocycles. The van der Waals surface area contributed by atoms with E-state index >= 15 is 0 Å². The van der Waals surface area contributed by atoms with E-state index in [1.165, 1.54) is 20.4 Å². The molecule has 0 N–H and O–H groups in total. The lowest BCUT2D eigenvalue weighted by Gasteiger charge is -2.10. The average molecular weight is 413 g/mol. The first-order valence-electron chi connectivity index (χ1n) is 9.22. The molecule has 154 valence electrons. The maximum absolute atomic E-state index is 12.9. The minimum atomic E-state index is -2.65. The second-order valence-electron chi connectivity index (χ2n) is 6.91. The van der Waals surface area contributed by atoms with Crippen LogP contribution in [0.2, 0.25) is 0 Å². The van der Waals surface area contributed by atoms with Gasteiger partial charge in [-0.3, -0.25) is 0 Å². The van der Waals surface area contributed by atoms with Crippen molar-refractivity contribution in [3.05, 3.63) is 48.2 Å². The van der Waals surface area contributed by atoms with Crippen molar-refractivity contribution < 1.29 is 18.3 Å². The van der Waals surface area contributed by atoms with Crippen molar-refractivity contribution in [2.75, 3.05) is 14.2 Å². The van der Waals surface area contributed by atoms with E-state index in [-0.39, 0.29) is 17.8 Å². The number of fused-ring (bicyclic) bond motifs is 1.